The zero-order valence-electron chi connectivity index (χ0n) is 15.2. The Morgan fingerprint density at radius 3 is 2.54 bits per heavy atom. The lowest BCUT2D eigenvalue weighted by Crippen LogP contribution is -2.37. The molecule has 2 aromatic carbocycles. The number of anilines is 2. The maximum atomic E-state index is 12.7. The van der Waals surface area contributed by atoms with E-state index < -0.39 is 20.0 Å². The highest BCUT2D eigenvalue weighted by Gasteiger charge is 2.27. The maximum Gasteiger partial charge on any atom is 0.263 e. The van der Waals surface area contributed by atoms with Crippen LogP contribution in [0.25, 0.3) is 0 Å². The summed E-state index contributed by atoms with van der Waals surface area (Å²) < 4.78 is 54.3. The predicted octanol–water partition coefficient (Wildman–Crippen LogP) is 4.29. The Bertz CT molecular complexity index is 1100. The molecule has 152 valence electrons. The summed E-state index contributed by atoms with van der Waals surface area (Å²) in [5.74, 6) is 0.0775. The molecule has 0 saturated heterocycles. The Kier molecular flexibility index (Phi) is 6.14. The van der Waals surface area contributed by atoms with Crippen LogP contribution in [0.3, 0.4) is 0 Å². The van der Waals surface area contributed by atoms with Gasteiger partial charge in [0.2, 0.25) is 10.0 Å². The normalized spacial score (nSPS) is 14.6. The van der Waals surface area contributed by atoms with Crippen molar-refractivity contribution in [2.75, 3.05) is 21.3 Å². The van der Waals surface area contributed by atoms with E-state index in [1.807, 2.05) is 6.92 Å². The van der Waals surface area contributed by atoms with Gasteiger partial charge < -0.3 is 0 Å². The first-order valence-corrected chi connectivity index (χ1v) is 12.6. The minimum Gasteiger partial charge on any atom is -0.280 e. The van der Waals surface area contributed by atoms with Gasteiger partial charge in [-0.05, 0) is 61.2 Å². The van der Waals surface area contributed by atoms with Crippen molar-refractivity contribution in [3.63, 3.8) is 0 Å². The Hall–Kier alpha value is -1.48. The van der Waals surface area contributed by atoms with Gasteiger partial charge in [0.05, 0.1) is 16.5 Å². The van der Waals surface area contributed by atoms with Crippen LogP contribution in [0.4, 0.5) is 11.4 Å². The molecule has 0 atom stereocenters. The first-order valence-electron chi connectivity index (χ1n) is 8.75. The van der Waals surface area contributed by atoms with Crippen LogP contribution in [0.5, 0.6) is 0 Å². The summed E-state index contributed by atoms with van der Waals surface area (Å²) in [4.78, 5) is -0.119. The zero-order valence-corrected chi connectivity index (χ0v) is 18.3. The van der Waals surface area contributed by atoms with Crippen molar-refractivity contribution in [3.8, 4) is 0 Å². The van der Waals surface area contributed by atoms with Gasteiger partial charge in [0.1, 0.15) is 4.90 Å². The molecule has 0 bridgehead atoms. The molecule has 0 radical (unpaired) electrons. The van der Waals surface area contributed by atoms with E-state index in [1.54, 1.807) is 18.2 Å². The van der Waals surface area contributed by atoms with Crippen molar-refractivity contribution >= 4 is 54.6 Å². The summed E-state index contributed by atoms with van der Waals surface area (Å²) in [5, 5.41) is 0.318. The van der Waals surface area contributed by atoms with Gasteiger partial charge in [-0.3, -0.25) is 9.03 Å². The first kappa shape index (κ1) is 21.2. The molecule has 1 aliphatic heterocycles. The molecule has 1 N–H and O–H groups in total. The smallest absolute Gasteiger partial charge is 0.263 e. The lowest BCUT2D eigenvalue weighted by Gasteiger charge is -2.30. The number of halogens is 2. The fourth-order valence-corrected chi connectivity index (χ4v) is 6.61. The van der Waals surface area contributed by atoms with Crippen LogP contribution in [-0.2, 0) is 26.5 Å². The highest BCUT2D eigenvalue weighted by atomic mass is 35.5. The summed E-state index contributed by atoms with van der Waals surface area (Å²) in [6.07, 6.45) is 1.87. The minimum atomic E-state index is -3.94. The van der Waals surface area contributed by atoms with E-state index in [2.05, 4.69) is 4.72 Å². The third-order valence-electron chi connectivity index (χ3n) is 4.39. The van der Waals surface area contributed by atoms with Crippen LogP contribution in [0, 0.1) is 0 Å². The van der Waals surface area contributed by atoms with Crippen molar-refractivity contribution in [2.24, 2.45) is 0 Å². The maximum absolute atomic E-state index is 12.7. The van der Waals surface area contributed by atoms with E-state index in [0.29, 0.717) is 37.2 Å². The van der Waals surface area contributed by atoms with Crippen LogP contribution in [0.15, 0.2) is 41.3 Å². The number of hydrogen-bond donors (Lipinski definition) is 1. The number of benzene rings is 2. The van der Waals surface area contributed by atoms with Crippen molar-refractivity contribution < 1.29 is 16.8 Å². The number of rotatable bonds is 6. The summed E-state index contributed by atoms with van der Waals surface area (Å²) in [7, 11) is -7.33. The van der Waals surface area contributed by atoms with Crippen molar-refractivity contribution in [1.29, 1.82) is 0 Å². The fourth-order valence-electron chi connectivity index (χ4n) is 3.18. The third-order valence-corrected chi connectivity index (χ3v) is 8.46. The lowest BCUT2D eigenvalue weighted by atomic mass is 10.0. The van der Waals surface area contributed by atoms with Gasteiger partial charge in [-0.25, -0.2) is 16.8 Å². The van der Waals surface area contributed by atoms with Gasteiger partial charge in [-0.1, -0.05) is 30.1 Å². The summed E-state index contributed by atoms with van der Waals surface area (Å²) in [5.41, 5.74) is 1.72. The molecule has 10 heteroatoms. The van der Waals surface area contributed by atoms with Crippen molar-refractivity contribution in [1.82, 2.24) is 0 Å². The standard InChI is InChI=1S/C18H20Cl2N2O4S2/c1-2-10-27(23,24)22-9-3-4-13-11-15(6-8-17(13)22)21-28(25,26)18-12-14(19)5-7-16(18)20/h5-8,11-12,21H,2-4,9-10H2,1H3. The van der Waals surface area contributed by atoms with Gasteiger partial charge >= 0.3 is 0 Å². The second-order valence-electron chi connectivity index (χ2n) is 6.52. The van der Waals surface area contributed by atoms with E-state index >= 15 is 0 Å². The molecule has 28 heavy (non-hydrogen) atoms. The fraction of sp³-hybridized carbons (Fsp3) is 0.333. The largest absolute Gasteiger partial charge is 0.280 e. The van der Waals surface area contributed by atoms with E-state index in [1.165, 1.54) is 22.5 Å². The molecule has 6 nitrogen and oxygen atoms in total. The average Bonchev–Trinajstić information content (AvgIpc) is 2.62. The summed E-state index contributed by atoms with van der Waals surface area (Å²) in [6.45, 7) is 2.25. The predicted molar refractivity (Wildman–Crippen MR) is 113 cm³/mol. The number of nitrogens with one attached hydrogen (secondary N) is 1. The minimum absolute atomic E-state index is 0.0618. The second-order valence-corrected chi connectivity index (χ2v) is 11.0. The molecule has 0 aromatic heterocycles. The van der Waals surface area contributed by atoms with Gasteiger partial charge in [0.25, 0.3) is 10.0 Å². The van der Waals surface area contributed by atoms with Crippen LogP contribution >= 0.6 is 23.2 Å². The quantitative estimate of drug-likeness (QED) is 0.693. The Morgan fingerprint density at radius 1 is 1.07 bits per heavy atom. The van der Waals surface area contributed by atoms with Gasteiger partial charge in [-0.2, -0.15) is 0 Å². The average molecular weight is 463 g/mol. The molecule has 2 aromatic rings. The number of fused-ring (bicyclic) bond motifs is 1. The molecular weight excluding hydrogens is 443 g/mol. The topological polar surface area (TPSA) is 83.6 Å². The number of nitrogens with zero attached hydrogens (tertiary/aromatic N) is 1. The van der Waals surface area contributed by atoms with Crippen LogP contribution in [0.1, 0.15) is 25.3 Å². The molecule has 3 rings (SSSR count). The molecule has 0 aliphatic carbocycles. The molecule has 1 heterocycles. The molecule has 1 aliphatic rings. The molecular formula is C18H20Cl2N2O4S2. The van der Waals surface area contributed by atoms with E-state index in [4.69, 9.17) is 23.2 Å². The van der Waals surface area contributed by atoms with Crippen LogP contribution in [0.2, 0.25) is 10.0 Å². The Labute approximate surface area is 175 Å². The van der Waals surface area contributed by atoms with Gasteiger partial charge in [-0.15, -0.1) is 0 Å². The van der Waals surface area contributed by atoms with Crippen LogP contribution in [-0.4, -0.2) is 29.1 Å². The highest BCUT2D eigenvalue weighted by molar-refractivity contribution is 7.93. The molecule has 0 saturated carbocycles. The monoisotopic (exact) mass is 462 g/mol. The molecule has 0 amide bonds. The molecule has 0 spiro atoms. The third kappa shape index (κ3) is 4.40. The highest BCUT2D eigenvalue weighted by Crippen LogP contribution is 2.33. The summed E-state index contributed by atoms with van der Waals surface area (Å²) >= 11 is 11.9. The second kappa shape index (κ2) is 8.10. The molecule has 0 fully saturated rings. The Balaban J connectivity index is 1.93. The molecule has 0 unspecified atom stereocenters. The van der Waals surface area contributed by atoms with Crippen molar-refractivity contribution in [2.45, 2.75) is 31.1 Å². The number of sulfonamides is 2. The summed E-state index contributed by atoms with van der Waals surface area (Å²) in [6, 6.07) is 9.06. The number of hydrogen-bond acceptors (Lipinski definition) is 4. The van der Waals surface area contributed by atoms with E-state index in [0.717, 1.165) is 5.56 Å². The van der Waals surface area contributed by atoms with E-state index in [-0.39, 0.29) is 20.7 Å². The van der Waals surface area contributed by atoms with Gasteiger partial charge in [0, 0.05) is 17.3 Å². The van der Waals surface area contributed by atoms with E-state index in [9.17, 15) is 16.8 Å². The zero-order chi connectivity index (χ0) is 20.5. The van der Waals surface area contributed by atoms with Crippen molar-refractivity contribution in [3.05, 3.63) is 52.0 Å². The Morgan fingerprint density at radius 2 is 1.82 bits per heavy atom. The lowest BCUT2D eigenvalue weighted by molar-refractivity contribution is 0.585. The first-order chi connectivity index (χ1) is 13.1. The SMILES string of the molecule is CCCS(=O)(=O)N1CCCc2cc(NS(=O)(=O)c3cc(Cl)ccc3Cl)ccc21. The number of aryl methyl sites for hydroxylation is 1. The van der Waals surface area contributed by atoms with Gasteiger partial charge in [0.15, 0.2) is 0 Å². The van der Waals surface area contributed by atoms with Crippen LogP contribution < -0.4 is 9.03 Å².